The number of alkyl carbamates (subject to hydrolysis) is 1. The highest BCUT2D eigenvalue weighted by Crippen LogP contribution is 2.14. The molecule has 0 bridgehead atoms. The van der Waals surface area contributed by atoms with Crippen molar-refractivity contribution < 1.29 is 14.3 Å². The molecule has 1 aromatic carbocycles. The quantitative estimate of drug-likeness (QED) is 0.588. The maximum absolute atomic E-state index is 12.5. The molecule has 28 heavy (non-hydrogen) atoms. The number of para-hydroxylation sites is 1. The number of aromatic nitrogens is 1. The molecule has 0 radical (unpaired) electrons. The SMILES string of the molecule is CC(C)C[C@H](NC(=O)OC(C)(C)C)C(=O)N/N=C/c1cccc2cccnc12. The lowest BCUT2D eigenvalue weighted by Gasteiger charge is -2.23. The summed E-state index contributed by atoms with van der Waals surface area (Å²) in [5, 5.41) is 7.66. The third kappa shape index (κ3) is 6.64. The van der Waals surface area contributed by atoms with E-state index in [0.717, 1.165) is 16.5 Å². The maximum Gasteiger partial charge on any atom is 0.408 e. The topological polar surface area (TPSA) is 92.7 Å². The average molecular weight is 384 g/mol. The van der Waals surface area contributed by atoms with E-state index < -0.39 is 23.6 Å². The van der Waals surface area contributed by atoms with Crippen LogP contribution in [0.4, 0.5) is 4.79 Å². The Bertz CT molecular complexity index is 851. The number of fused-ring (bicyclic) bond motifs is 1. The zero-order valence-electron chi connectivity index (χ0n) is 17.0. The summed E-state index contributed by atoms with van der Waals surface area (Å²) in [6.45, 7) is 9.26. The number of carbonyl (C=O) groups excluding carboxylic acids is 2. The van der Waals surface area contributed by atoms with E-state index in [9.17, 15) is 9.59 Å². The van der Waals surface area contributed by atoms with Gasteiger partial charge in [-0.25, -0.2) is 10.2 Å². The van der Waals surface area contributed by atoms with Crippen LogP contribution in [0.25, 0.3) is 10.9 Å². The van der Waals surface area contributed by atoms with Crippen LogP contribution in [0, 0.1) is 5.92 Å². The van der Waals surface area contributed by atoms with Crippen LogP contribution in [0.2, 0.25) is 0 Å². The Morgan fingerprint density at radius 3 is 2.61 bits per heavy atom. The van der Waals surface area contributed by atoms with Crippen molar-refractivity contribution in [2.24, 2.45) is 11.0 Å². The minimum Gasteiger partial charge on any atom is -0.444 e. The first-order chi connectivity index (χ1) is 13.2. The van der Waals surface area contributed by atoms with Gasteiger partial charge in [-0.3, -0.25) is 9.78 Å². The Kier molecular flexibility index (Phi) is 7.09. The fraction of sp³-hybridized carbons (Fsp3) is 0.429. The van der Waals surface area contributed by atoms with E-state index in [1.807, 2.05) is 44.2 Å². The van der Waals surface area contributed by atoms with Gasteiger partial charge in [0.1, 0.15) is 11.6 Å². The van der Waals surface area contributed by atoms with Crippen molar-refractivity contribution >= 4 is 29.1 Å². The molecule has 7 nitrogen and oxygen atoms in total. The van der Waals surface area contributed by atoms with Gasteiger partial charge in [0.2, 0.25) is 0 Å². The molecule has 0 spiro atoms. The number of benzene rings is 1. The molecule has 0 aliphatic rings. The molecule has 150 valence electrons. The molecule has 2 amide bonds. The van der Waals surface area contributed by atoms with Crippen LogP contribution in [0.3, 0.4) is 0 Å². The molecule has 0 fully saturated rings. The third-order valence-electron chi connectivity index (χ3n) is 3.76. The smallest absolute Gasteiger partial charge is 0.408 e. The standard InChI is InChI=1S/C21H28N4O3/c1-14(2)12-17(24-20(27)28-21(3,4)5)19(26)25-23-13-16-9-6-8-15-10-7-11-22-18(15)16/h6-11,13-14,17H,12H2,1-5H3,(H,24,27)(H,25,26)/b23-13+/t17-/m0/s1. The molecule has 1 atom stereocenters. The molecule has 0 saturated carbocycles. The van der Waals surface area contributed by atoms with Crippen molar-refractivity contribution in [3.63, 3.8) is 0 Å². The monoisotopic (exact) mass is 384 g/mol. The summed E-state index contributed by atoms with van der Waals surface area (Å²) >= 11 is 0. The zero-order valence-corrected chi connectivity index (χ0v) is 17.0. The van der Waals surface area contributed by atoms with Gasteiger partial charge in [0.15, 0.2) is 0 Å². The fourth-order valence-corrected chi connectivity index (χ4v) is 2.63. The normalized spacial score (nSPS) is 12.9. The van der Waals surface area contributed by atoms with Gasteiger partial charge in [-0.2, -0.15) is 5.10 Å². The molecule has 1 aromatic heterocycles. The number of carbonyl (C=O) groups is 2. The van der Waals surface area contributed by atoms with Crippen LogP contribution in [0.15, 0.2) is 41.6 Å². The summed E-state index contributed by atoms with van der Waals surface area (Å²) in [7, 11) is 0. The van der Waals surface area contributed by atoms with E-state index in [-0.39, 0.29) is 5.92 Å². The Balaban J connectivity index is 2.06. The largest absolute Gasteiger partial charge is 0.444 e. The highest BCUT2D eigenvalue weighted by Gasteiger charge is 2.25. The molecule has 1 heterocycles. The van der Waals surface area contributed by atoms with E-state index >= 15 is 0 Å². The second-order valence-electron chi connectivity index (χ2n) is 7.98. The molecule has 2 aromatic rings. The summed E-state index contributed by atoms with van der Waals surface area (Å²) in [6.07, 6.45) is 3.10. The number of nitrogens with zero attached hydrogens (tertiary/aromatic N) is 2. The highest BCUT2D eigenvalue weighted by molar-refractivity contribution is 5.97. The third-order valence-corrected chi connectivity index (χ3v) is 3.76. The zero-order chi connectivity index (χ0) is 20.7. The number of ether oxygens (including phenoxy) is 1. The van der Waals surface area contributed by atoms with Gasteiger partial charge in [0, 0.05) is 17.1 Å². The number of rotatable bonds is 6. The molecular formula is C21H28N4O3. The van der Waals surface area contributed by atoms with Crippen molar-refractivity contribution in [3.05, 3.63) is 42.1 Å². The fourth-order valence-electron chi connectivity index (χ4n) is 2.63. The first-order valence-electron chi connectivity index (χ1n) is 9.32. The lowest BCUT2D eigenvalue weighted by molar-refractivity contribution is -0.123. The van der Waals surface area contributed by atoms with E-state index in [0.29, 0.717) is 6.42 Å². The number of hydrazone groups is 1. The van der Waals surface area contributed by atoms with Gasteiger partial charge < -0.3 is 10.1 Å². The Labute approximate surface area is 165 Å². The molecule has 2 rings (SSSR count). The number of amides is 2. The van der Waals surface area contributed by atoms with Gasteiger partial charge >= 0.3 is 6.09 Å². The number of hydrogen-bond donors (Lipinski definition) is 2. The van der Waals surface area contributed by atoms with E-state index in [1.165, 1.54) is 0 Å². The molecule has 0 unspecified atom stereocenters. The van der Waals surface area contributed by atoms with Gasteiger partial charge in [-0.15, -0.1) is 0 Å². The summed E-state index contributed by atoms with van der Waals surface area (Å²) in [6, 6.07) is 8.82. The van der Waals surface area contributed by atoms with Gasteiger partial charge in [-0.05, 0) is 39.2 Å². The van der Waals surface area contributed by atoms with Gasteiger partial charge in [-0.1, -0.05) is 38.1 Å². The van der Waals surface area contributed by atoms with Crippen molar-refractivity contribution in [3.8, 4) is 0 Å². The van der Waals surface area contributed by atoms with Crippen LogP contribution in [-0.2, 0) is 9.53 Å². The molecule has 0 aliphatic heterocycles. The Morgan fingerprint density at radius 2 is 1.93 bits per heavy atom. The van der Waals surface area contributed by atoms with Crippen molar-refractivity contribution in [2.75, 3.05) is 0 Å². The van der Waals surface area contributed by atoms with Gasteiger partial charge in [0.05, 0.1) is 11.7 Å². The van der Waals surface area contributed by atoms with Crippen molar-refractivity contribution in [1.82, 2.24) is 15.7 Å². The number of hydrogen-bond acceptors (Lipinski definition) is 5. The lowest BCUT2D eigenvalue weighted by atomic mass is 10.0. The summed E-state index contributed by atoms with van der Waals surface area (Å²) in [5.74, 6) is -0.194. The van der Waals surface area contributed by atoms with Crippen LogP contribution in [-0.4, -0.2) is 34.8 Å². The van der Waals surface area contributed by atoms with Gasteiger partial charge in [0.25, 0.3) is 5.91 Å². The van der Waals surface area contributed by atoms with Crippen molar-refractivity contribution in [1.29, 1.82) is 0 Å². The van der Waals surface area contributed by atoms with Crippen molar-refractivity contribution in [2.45, 2.75) is 52.7 Å². The number of pyridine rings is 1. The molecular weight excluding hydrogens is 356 g/mol. The lowest BCUT2D eigenvalue weighted by Crippen LogP contribution is -2.47. The van der Waals surface area contributed by atoms with E-state index in [4.69, 9.17) is 4.74 Å². The van der Waals surface area contributed by atoms with Crippen LogP contribution in [0.1, 0.15) is 46.6 Å². The predicted octanol–water partition coefficient (Wildman–Crippen LogP) is 3.62. The molecule has 7 heteroatoms. The second kappa shape index (κ2) is 9.30. The molecule has 2 N–H and O–H groups in total. The van der Waals surface area contributed by atoms with Crippen LogP contribution in [0.5, 0.6) is 0 Å². The number of nitrogens with one attached hydrogen (secondary N) is 2. The van der Waals surface area contributed by atoms with Crippen LogP contribution >= 0.6 is 0 Å². The summed E-state index contributed by atoms with van der Waals surface area (Å²) in [5.41, 5.74) is 3.46. The van der Waals surface area contributed by atoms with E-state index in [1.54, 1.807) is 33.2 Å². The minimum absolute atomic E-state index is 0.205. The predicted molar refractivity (Wildman–Crippen MR) is 110 cm³/mol. The minimum atomic E-state index is -0.738. The maximum atomic E-state index is 12.5. The first kappa shape index (κ1) is 21.3. The molecule has 0 aliphatic carbocycles. The summed E-state index contributed by atoms with van der Waals surface area (Å²) in [4.78, 5) is 28.9. The van der Waals surface area contributed by atoms with E-state index in [2.05, 4.69) is 20.8 Å². The second-order valence-corrected chi connectivity index (χ2v) is 7.98. The molecule has 0 saturated heterocycles. The average Bonchev–Trinajstić information content (AvgIpc) is 2.59. The first-order valence-corrected chi connectivity index (χ1v) is 9.32. The Hall–Kier alpha value is -2.96. The Morgan fingerprint density at radius 1 is 1.21 bits per heavy atom. The highest BCUT2D eigenvalue weighted by atomic mass is 16.6. The van der Waals surface area contributed by atoms with Crippen LogP contribution < -0.4 is 10.7 Å². The summed E-state index contributed by atoms with van der Waals surface area (Å²) < 4.78 is 5.25.